The largest absolute Gasteiger partial charge is 0.481 e. The predicted molar refractivity (Wildman–Crippen MR) is 85.4 cm³/mol. The van der Waals surface area contributed by atoms with Crippen LogP contribution in [0.25, 0.3) is 0 Å². The van der Waals surface area contributed by atoms with Crippen LogP contribution in [-0.4, -0.2) is 34.1 Å². The Labute approximate surface area is 134 Å². The molecule has 1 aromatic carbocycles. The number of hydrogen-bond acceptors (Lipinski definition) is 5. The minimum Gasteiger partial charge on any atom is -0.481 e. The molecule has 3 rings (SSSR count). The van der Waals surface area contributed by atoms with E-state index in [2.05, 4.69) is 9.97 Å². The number of carboxylic acid groups (broad SMARTS) is 1. The lowest BCUT2D eigenvalue weighted by Crippen LogP contribution is -2.32. The Bertz CT molecular complexity index is 692. The van der Waals surface area contributed by atoms with Crippen LogP contribution < -0.4 is 9.64 Å². The van der Waals surface area contributed by atoms with E-state index in [4.69, 9.17) is 4.74 Å². The quantitative estimate of drug-likeness (QED) is 0.913. The summed E-state index contributed by atoms with van der Waals surface area (Å²) in [6.07, 6.45) is 2.05. The molecule has 0 bridgehead atoms. The van der Waals surface area contributed by atoms with Crippen LogP contribution in [0.4, 0.5) is 5.82 Å². The summed E-state index contributed by atoms with van der Waals surface area (Å²) in [6, 6.07) is 11.6. The molecule has 0 amide bonds. The number of hydrogen-bond donors (Lipinski definition) is 1. The van der Waals surface area contributed by atoms with Crippen LogP contribution in [0.15, 0.2) is 42.7 Å². The van der Waals surface area contributed by atoms with Gasteiger partial charge in [-0.05, 0) is 18.9 Å². The first-order chi connectivity index (χ1) is 11.1. The maximum Gasteiger partial charge on any atom is 0.311 e. The summed E-state index contributed by atoms with van der Waals surface area (Å²) >= 11 is 0. The lowest BCUT2D eigenvalue weighted by Gasteiger charge is -2.21. The van der Waals surface area contributed by atoms with Gasteiger partial charge in [0.2, 0.25) is 5.88 Å². The fourth-order valence-electron chi connectivity index (χ4n) is 2.64. The van der Waals surface area contributed by atoms with Gasteiger partial charge in [-0.25, -0.2) is 9.97 Å². The molecule has 2 aromatic rings. The van der Waals surface area contributed by atoms with Gasteiger partial charge in [0, 0.05) is 19.2 Å². The molecule has 1 atom stereocenters. The number of carbonyl (C=O) groups is 1. The normalized spacial score (nSPS) is 20.5. The third kappa shape index (κ3) is 3.41. The van der Waals surface area contributed by atoms with Gasteiger partial charge in [-0.1, -0.05) is 30.3 Å². The zero-order valence-corrected chi connectivity index (χ0v) is 13.0. The van der Waals surface area contributed by atoms with E-state index in [1.807, 2.05) is 35.2 Å². The summed E-state index contributed by atoms with van der Waals surface area (Å²) in [5.74, 6) is 0.422. The number of aliphatic carboxylic acids is 1. The van der Waals surface area contributed by atoms with E-state index in [0.717, 1.165) is 5.56 Å². The molecule has 0 aliphatic carbocycles. The molecule has 120 valence electrons. The predicted octanol–water partition coefficient (Wildman–Crippen LogP) is 2.36. The summed E-state index contributed by atoms with van der Waals surface area (Å²) in [4.78, 5) is 21.7. The lowest BCUT2D eigenvalue weighted by molar-refractivity contribution is -0.146. The van der Waals surface area contributed by atoms with Crippen molar-refractivity contribution < 1.29 is 14.6 Å². The molecule has 1 aromatic heterocycles. The van der Waals surface area contributed by atoms with Gasteiger partial charge in [0.25, 0.3) is 0 Å². The number of rotatable bonds is 5. The highest BCUT2D eigenvalue weighted by Crippen LogP contribution is 2.33. The van der Waals surface area contributed by atoms with Crippen molar-refractivity contribution in [3.63, 3.8) is 0 Å². The highest BCUT2D eigenvalue weighted by atomic mass is 16.5. The average Bonchev–Trinajstić information content (AvgIpc) is 2.98. The van der Waals surface area contributed by atoms with E-state index in [1.54, 1.807) is 13.0 Å². The van der Waals surface area contributed by atoms with Crippen LogP contribution in [-0.2, 0) is 11.4 Å². The van der Waals surface area contributed by atoms with Gasteiger partial charge in [-0.3, -0.25) is 4.79 Å². The van der Waals surface area contributed by atoms with Crippen LogP contribution in [0.1, 0.15) is 18.9 Å². The van der Waals surface area contributed by atoms with E-state index < -0.39 is 11.4 Å². The monoisotopic (exact) mass is 313 g/mol. The van der Waals surface area contributed by atoms with E-state index >= 15 is 0 Å². The lowest BCUT2D eigenvalue weighted by atomic mass is 9.90. The summed E-state index contributed by atoms with van der Waals surface area (Å²) < 4.78 is 5.70. The summed E-state index contributed by atoms with van der Waals surface area (Å²) in [5.41, 5.74) is 0.336. The zero-order valence-electron chi connectivity index (χ0n) is 13.0. The van der Waals surface area contributed by atoms with E-state index in [1.165, 1.54) is 6.33 Å². The third-order valence-electron chi connectivity index (χ3n) is 4.17. The Balaban J connectivity index is 1.67. The first-order valence-electron chi connectivity index (χ1n) is 7.54. The first-order valence-corrected chi connectivity index (χ1v) is 7.54. The van der Waals surface area contributed by atoms with Crippen LogP contribution in [0.5, 0.6) is 5.88 Å². The van der Waals surface area contributed by atoms with Crippen molar-refractivity contribution in [2.24, 2.45) is 5.41 Å². The molecule has 1 unspecified atom stereocenters. The van der Waals surface area contributed by atoms with Gasteiger partial charge >= 0.3 is 5.97 Å². The second kappa shape index (κ2) is 6.24. The second-order valence-electron chi connectivity index (χ2n) is 6.03. The first kappa shape index (κ1) is 15.3. The van der Waals surface area contributed by atoms with Crippen molar-refractivity contribution in [2.75, 3.05) is 18.0 Å². The maximum absolute atomic E-state index is 11.3. The maximum atomic E-state index is 11.3. The average molecular weight is 313 g/mol. The molecule has 0 saturated carbocycles. The molecule has 2 heterocycles. The van der Waals surface area contributed by atoms with Crippen LogP contribution in [0, 0.1) is 5.41 Å². The fourth-order valence-corrected chi connectivity index (χ4v) is 2.64. The minimum atomic E-state index is -0.769. The van der Waals surface area contributed by atoms with Crippen LogP contribution >= 0.6 is 0 Å². The van der Waals surface area contributed by atoms with E-state index in [9.17, 15) is 9.90 Å². The van der Waals surface area contributed by atoms with Crippen molar-refractivity contribution in [2.45, 2.75) is 20.0 Å². The van der Waals surface area contributed by atoms with Crippen LogP contribution in [0.3, 0.4) is 0 Å². The smallest absolute Gasteiger partial charge is 0.311 e. The summed E-state index contributed by atoms with van der Waals surface area (Å²) in [5, 5.41) is 9.32. The number of nitrogens with zero attached hydrogens (tertiary/aromatic N) is 3. The molecule has 6 nitrogen and oxygen atoms in total. The Morgan fingerprint density at radius 3 is 2.83 bits per heavy atom. The number of carboxylic acids is 1. The Morgan fingerprint density at radius 2 is 2.13 bits per heavy atom. The topological polar surface area (TPSA) is 75.5 Å². The van der Waals surface area contributed by atoms with Gasteiger partial charge in [0.15, 0.2) is 0 Å². The summed E-state index contributed by atoms with van der Waals surface area (Å²) in [6.45, 7) is 3.31. The molecule has 1 N–H and O–H groups in total. The van der Waals surface area contributed by atoms with Gasteiger partial charge in [-0.2, -0.15) is 0 Å². The van der Waals surface area contributed by atoms with E-state index in [-0.39, 0.29) is 0 Å². The van der Waals surface area contributed by atoms with Gasteiger partial charge < -0.3 is 14.7 Å². The standard InChI is InChI=1S/C17H19N3O3/c1-17(16(21)22)7-8-20(11-17)14-9-15(19-12-18-14)23-10-13-5-3-2-4-6-13/h2-6,9,12H,7-8,10-11H2,1H3,(H,21,22). The van der Waals surface area contributed by atoms with Crippen molar-refractivity contribution in [1.82, 2.24) is 9.97 Å². The van der Waals surface area contributed by atoms with Crippen molar-refractivity contribution in [1.29, 1.82) is 0 Å². The second-order valence-corrected chi connectivity index (χ2v) is 6.03. The van der Waals surface area contributed by atoms with Crippen molar-refractivity contribution >= 4 is 11.8 Å². The Morgan fingerprint density at radius 1 is 1.35 bits per heavy atom. The molecule has 1 aliphatic rings. The zero-order chi connectivity index (χ0) is 16.3. The highest BCUT2D eigenvalue weighted by molar-refractivity contribution is 5.76. The van der Waals surface area contributed by atoms with Crippen LogP contribution in [0.2, 0.25) is 0 Å². The van der Waals surface area contributed by atoms with Gasteiger partial charge in [0.1, 0.15) is 18.8 Å². The molecular formula is C17H19N3O3. The molecule has 1 saturated heterocycles. The van der Waals surface area contributed by atoms with Crippen molar-refractivity contribution in [3.05, 3.63) is 48.3 Å². The number of anilines is 1. The molecule has 23 heavy (non-hydrogen) atoms. The highest BCUT2D eigenvalue weighted by Gasteiger charge is 2.41. The fraction of sp³-hybridized carbons (Fsp3) is 0.353. The van der Waals surface area contributed by atoms with E-state index in [0.29, 0.717) is 37.8 Å². The Kier molecular flexibility index (Phi) is 4.14. The number of benzene rings is 1. The molecule has 6 heteroatoms. The minimum absolute atomic E-state index is 0.435. The molecule has 1 fully saturated rings. The molecule has 0 radical (unpaired) electrons. The summed E-state index contributed by atoms with van der Waals surface area (Å²) in [7, 11) is 0. The molecule has 1 aliphatic heterocycles. The van der Waals surface area contributed by atoms with Crippen molar-refractivity contribution in [3.8, 4) is 5.88 Å². The number of ether oxygens (including phenoxy) is 1. The van der Waals surface area contributed by atoms with Gasteiger partial charge in [0.05, 0.1) is 5.41 Å². The molecular weight excluding hydrogens is 294 g/mol. The van der Waals surface area contributed by atoms with Gasteiger partial charge in [-0.15, -0.1) is 0 Å². The SMILES string of the molecule is CC1(C(=O)O)CCN(c2cc(OCc3ccccc3)ncn2)C1. The Hall–Kier alpha value is -2.63. The molecule has 0 spiro atoms. The third-order valence-corrected chi connectivity index (χ3v) is 4.17. The number of aromatic nitrogens is 2.